The van der Waals surface area contributed by atoms with E-state index in [-0.39, 0.29) is 6.04 Å². The number of anilines is 1. The first-order valence-electron chi connectivity index (χ1n) is 9.58. The van der Waals surface area contributed by atoms with E-state index < -0.39 is 6.09 Å². The number of hydrogen-bond donors (Lipinski definition) is 2. The number of benzene rings is 1. The Morgan fingerprint density at radius 1 is 1.29 bits per heavy atom. The highest BCUT2D eigenvalue weighted by molar-refractivity contribution is 7.98. The van der Waals surface area contributed by atoms with Gasteiger partial charge in [0.25, 0.3) is 0 Å². The van der Waals surface area contributed by atoms with Gasteiger partial charge in [0, 0.05) is 31.7 Å². The molecule has 0 saturated carbocycles. The molecule has 3 heterocycles. The van der Waals surface area contributed by atoms with Crippen LogP contribution in [-0.4, -0.2) is 64.5 Å². The molecule has 1 atom stereocenters. The third-order valence-corrected chi connectivity index (χ3v) is 5.97. The van der Waals surface area contributed by atoms with E-state index in [1.54, 1.807) is 16.7 Å². The second-order valence-corrected chi connectivity index (χ2v) is 7.92. The van der Waals surface area contributed by atoms with Crippen LogP contribution in [0.1, 0.15) is 16.8 Å². The molecule has 4 rings (SSSR count). The Bertz CT molecular complexity index is 848. The molecule has 1 unspecified atom stereocenters. The van der Waals surface area contributed by atoms with E-state index in [9.17, 15) is 9.90 Å². The summed E-state index contributed by atoms with van der Waals surface area (Å²) < 4.78 is 0. The molecule has 0 bridgehead atoms. The molecule has 2 aliphatic heterocycles. The van der Waals surface area contributed by atoms with Crippen LogP contribution in [0.15, 0.2) is 35.5 Å². The summed E-state index contributed by atoms with van der Waals surface area (Å²) in [7, 11) is 0. The van der Waals surface area contributed by atoms with Crippen molar-refractivity contribution in [2.75, 3.05) is 37.3 Å². The summed E-state index contributed by atoms with van der Waals surface area (Å²) in [5, 5.41) is 13.8. The van der Waals surface area contributed by atoms with Gasteiger partial charge in [0.15, 0.2) is 5.16 Å². The maximum absolute atomic E-state index is 11.8. The van der Waals surface area contributed by atoms with Gasteiger partial charge < -0.3 is 20.2 Å². The van der Waals surface area contributed by atoms with Crippen LogP contribution in [0.4, 0.5) is 10.6 Å². The summed E-state index contributed by atoms with van der Waals surface area (Å²) >= 11 is 1.55. The van der Waals surface area contributed by atoms with Crippen molar-refractivity contribution < 1.29 is 9.90 Å². The Morgan fingerprint density at radius 2 is 2.11 bits per heavy atom. The van der Waals surface area contributed by atoms with Crippen LogP contribution in [-0.2, 0) is 19.4 Å². The fraction of sp³-hybridized carbons (Fsp3) is 0.450. The molecule has 2 aliphatic rings. The van der Waals surface area contributed by atoms with Gasteiger partial charge in [0.05, 0.1) is 11.7 Å². The summed E-state index contributed by atoms with van der Waals surface area (Å²) in [5.74, 6) is 0.985. The van der Waals surface area contributed by atoms with E-state index >= 15 is 0 Å². The SMILES string of the molecule is CSc1nc2c(c(N3CCN(C(=O)O)C(Cc4ccccc4)C3)n1)CCNC2. The number of fused-ring (bicyclic) bond motifs is 1. The van der Waals surface area contributed by atoms with Gasteiger partial charge in [-0.25, -0.2) is 14.8 Å². The Hall–Kier alpha value is -2.32. The molecule has 1 aromatic carbocycles. The van der Waals surface area contributed by atoms with Gasteiger partial charge in [0.1, 0.15) is 5.82 Å². The quantitative estimate of drug-likeness (QED) is 0.603. The molecule has 0 radical (unpaired) electrons. The zero-order valence-corrected chi connectivity index (χ0v) is 16.8. The minimum Gasteiger partial charge on any atom is -0.465 e. The van der Waals surface area contributed by atoms with Crippen LogP contribution < -0.4 is 10.2 Å². The highest BCUT2D eigenvalue weighted by atomic mass is 32.2. The number of nitrogens with one attached hydrogen (secondary N) is 1. The van der Waals surface area contributed by atoms with Gasteiger partial charge in [-0.05, 0) is 31.2 Å². The largest absolute Gasteiger partial charge is 0.465 e. The van der Waals surface area contributed by atoms with E-state index in [1.807, 2.05) is 24.5 Å². The smallest absolute Gasteiger partial charge is 0.407 e. The Labute approximate surface area is 169 Å². The van der Waals surface area contributed by atoms with Crippen molar-refractivity contribution in [2.24, 2.45) is 0 Å². The lowest BCUT2D eigenvalue weighted by Crippen LogP contribution is -2.56. The lowest BCUT2D eigenvalue weighted by atomic mass is 10.0. The first-order valence-corrected chi connectivity index (χ1v) is 10.8. The number of rotatable bonds is 4. The molecule has 7 nitrogen and oxygen atoms in total. The highest BCUT2D eigenvalue weighted by Gasteiger charge is 2.33. The van der Waals surface area contributed by atoms with E-state index in [0.717, 1.165) is 41.7 Å². The molecule has 0 aliphatic carbocycles. The lowest BCUT2D eigenvalue weighted by Gasteiger charge is -2.41. The highest BCUT2D eigenvalue weighted by Crippen LogP contribution is 2.29. The number of nitrogens with zero attached hydrogens (tertiary/aromatic N) is 4. The number of piperazine rings is 1. The van der Waals surface area contributed by atoms with Crippen LogP contribution in [0.5, 0.6) is 0 Å². The summed E-state index contributed by atoms with van der Waals surface area (Å²) in [6.45, 7) is 3.47. The fourth-order valence-electron chi connectivity index (χ4n) is 4.03. The van der Waals surface area contributed by atoms with Crippen molar-refractivity contribution in [1.29, 1.82) is 0 Å². The van der Waals surface area contributed by atoms with Crippen molar-refractivity contribution >= 4 is 23.7 Å². The van der Waals surface area contributed by atoms with Crippen LogP contribution in [0, 0.1) is 0 Å². The fourth-order valence-corrected chi connectivity index (χ4v) is 4.41. The zero-order valence-electron chi connectivity index (χ0n) is 16.0. The molecule has 8 heteroatoms. The lowest BCUT2D eigenvalue weighted by molar-refractivity contribution is 0.117. The summed E-state index contributed by atoms with van der Waals surface area (Å²) in [5.41, 5.74) is 3.43. The third-order valence-electron chi connectivity index (χ3n) is 5.42. The van der Waals surface area contributed by atoms with E-state index in [2.05, 4.69) is 27.3 Å². The van der Waals surface area contributed by atoms with Crippen LogP contribution in [0.25, 0.3) is 0 Å². The minimum absolute atomic E-state index is 0.0984. The van der Waals surface area contributed by atoms with E-state index in [1.165, 1.54) is 5.56 Å². The summed E-state index contributed by atoms with van der Waals surface area (Å²) in [6, 6.07) is 10.0. The molecule has 1 amide bonds. The second-order valence-electron chi connectivity index (χ2n) is 7.15. The molecule has 1 saturated heterocycles. The van der Waals surface area contributed by atoms with Crippen LogP contribution in [0.2, 0.25) is 0 Å². The number of carboxylic acid groups (broad SMARTS) is 1. The molecule has 1 fully saturated rings. The second kappa shape index (κ2) is 8.36. The molecule has 28 heavy (non-hydrogen) atoms. The monoisotopic (exact) mass is 399 g/mol. The van der Waals surface area contributed by atoms with Gasteiger partial charge in [-0.2, -0.15) is 0 Å². The molecule has 1 aromatic heterocycles. The van der Waals surface area contributed by atoms with E-state index in [4.69, 9.17) is 4.98 Å². The molecule has 2 N–H and O–H groups in total. The van der Waals surface area contributed by atoms with Crippen molar-refractivity contribution in [2.45, 2.75) is 30.6 Å². The molecular weight excluding hydrogens is 374 g/mol. The number of aromatic nitrogens is 2. The average Bonchev–Trinajstić information content (AvgIpc) is 2.73. The Morgan fingerprint density at radius 3 is 2.86 bits per heavy atom. The van der Waals surface area contributed by atoms with Gasteiger partial charge in [-0.15, -0.1) is 0 Å². The molecule has 148 valence electrons. The first kappa shape index (κ1) is 19.0. The number of hydrogen-bond acceptors (Lipinski definition) is 6. The average molecular weight is 400 g/mol. The van der Waals surface area contributed by atoms with Crippen LogP contribution in [0.3, 0.4) is 0 Å². The summed E-state index contributed by atoms with van der Waals surface area (Å²) in [6.07, 6.45) is 2.75. The maximum atomic E-state index is 11.8. The maximum Gasteiger partial charge on any atom is 0.407 e. The number of thioether (sulfide) groups is 1. The Kier molecular flexibility index (Phi) is 5.68. The van der Waals surface area contributed by atoms with Gasteiger partial charge in [-0.1, -0.05) is 42.1 Å². The van der Waals surface area contributed by atoms with Crippen molar-refractivity contribution in [3.63, 3.8) is 0 Å². The van der Waals surface area contributed by atoms with Crippen LogP contribution >= 0.6 is 11.8 Å². The van der Waals surface area contributed by atoms with E-state index in [0.29, 0.717) is 26.1 Å². The van der Waals surface area contributed by atoms with Crippen molar-refractivity contribution in [3.8, 4) is 0 Å². The first-order chi connectivity index (χ1) is 13.7. The van der Waals surface area contributed by atoms with Crippen molar-refractivity contribution in [3.05, 3.63) is 47.2 Å². The molecule has 0 spiro atoms. The van der Waals surface area contributed by atoms with Crippen molar-refractivity contribution in [1.82, 2.24) is 20.2 Å². The standard InChI is InChI=1S/C20H25N5O2S/c1-28-19-22-17-12-21-8-7-16(17)18(23-19)24-9-10-25(20(26)27)15(13-24)11-14-5-3-2-4-6-14/h2-6,15,21H,7-13H2,1H3,(H,26,27). The number of amides is 1. The van der Waals surface area contributed by atoms with Gasteiger partial charge >= 0.3 is 6.09 Å². The number of carbonyl (C=O) groups is 1. The predicted molar refractivity (Wildman–Crippen MR) is 110 cm³/mol. The molecular formula is C20H25N5O2S. The predicted octanol–water partition coefficient (Wildman–Crippen LogP) is 2.26. The Balaban J connectivity index is 1.63. The zero-order chi connectivity index (χ0) is 19.5. The molecule has 2 aromatic rings. The normalized spacial score (nSPS) is 19.4. The van der Waals surface area contributed by atoms with Gasteiger partial charge in [0.2, 0.25) is 0 Å². The van der Waals surface area contributed by atoms with Gasteiger partial charge in [-0.3, -0.25) is 0 Å². The minimum atomic E-state index is -0.848. The third kappa shape index (κ3) is 3.93. The summed E-state index contributed by atoms with van der Waals surface area (Å²) in [4.78, 5) is 25.1. The topological polar surface area (TPSA) is 81.6 Å².